The molecular weight excluding hydrogens is 470 g/mol. The molecule has 1 rings (SSSR count). The van der Waals surface area contributed by atoms with Crippen molar-refractivity contribution >= 4 is 24.1 Å². The maximum absolute atomic E-state index is 12.4. The van der Waals surface area contributed by atoms with Gasteiger partial charge in [-0.25, -0.2) is 4.79 Å². The Kier molecular flexibility index (Phi) is 12.9. The van der Waals surface area contributed by atoms with E-state index >= 15 is 0 Å². The number of esters is 3. The molecule has 0 heterocycles. The Hall–Kier alpha value is -3.14. The largest absolute Gasteiger partial charge is 0.508 e. The molecule has 1 unspecified atom stereocenters. The lowest BCUT2D eigenvalue weighted by atomic mass is 10.1. The van der Waals surface area contributed by atoms with Crippen LogP contribution in [0.4, 0.5) is 4.79 Å². The topological polar surface area (TPSA) is 140 Å². The van der Waals surface area contributed by atoms with Crippen LogP contribution in [0.15, 0.2) is 18.2 Å². The van der Waals surface area contributed by atoms with E-state index in [1.54, 1.807) is 40.7 Å². The molecule has 0 fully saturated rings. The van der Waals surface area contributed by atoms with Crippen LogP contribution < -0.4 is 15.2 Å². The van der Waals surface area contributed by atoms with Crippen molar-refractivity contribution in [3.63, 3.8) is 0 Å². The van der Waals surface area contributed by atoms with Crippen LogP contribution in [0.2, 0.25) is 0 Å². The summed E-state index contributed by atoms with van der Waals surface area (Å²) in [4.78, 5) is 48.2. The summed E-state index contributed by atoms with van der Waals surface area (Å²) >= 11 is 0. The van der Waals surface area contributed by atoms with Crippen LogP contribution in [0.25, 0.3) is 0 Å². The number of carbonyl (C=O) groups excluding carboxylic acids is 4. The smallest absolute Gasteiger partial charge is 0.458 e. The molecule has 1 aromatic rings. The van der Waals surface area contributed by atoms with E-state index in [2.05, 4.69) is 0 Å². The summed E-state index contributed by atoms with van der Waals surface area (Å²) in [6, 6.07) is 3.55. The van der Waals surface area contributed by atoms with E-state index in [0.29, 0.717) is 5.56 Å². The first-order valence-electron chi connectivity index (χ1n) is 12.2. The second-order valence-electron chi connectivity index (χ2n) is 9.38. The molecule has 1 aromatic carbocycles. The molecule has 0 bridgehead atoms. The van der Waals surface area contributed by atoms with Gasteiger partial charge in [0.15, 0.2) is 11.5 Å². The first-order valence-corrected chi connectivity index (χ1v) is 12.2. The molecular formula is C26H39NO9. The van der Waals surface area contributed by atoms with Crippen LogP contribution in [0.5, 0.6) is 11.5 Å². The SMILES string of the molecule is CCC(C)COC(=O)OC[C@H](C)OC(=O)[C@@H](N)Cc1ccc(OC(=O)C(C)C)c(OC(=O)C(C)C)c1. The number of benzene rings is 1. The lowest BCUT2D eigenvalue weighted by molar-refractivity contribution is -0.152. The summed E-state index contributed by atoms with van der Waals surface area (Å²) in [6.45, 7) is 12.3. The van der Waals surface area contributed by atoms with E-state index in [1.807, 2.05) is 13.8 Å². The molecule has 36 heavy (non-hydrogen) atoms. The third kappa shape index (κ3) is 11.1. The normalized spacial score (nSPS) is 13.5. The first kappa shape index (κ1) is 30.9. The number of nitrogens with two attached hydrogens (primary N) is 1. The Labute approximate surface area is 212 Å². The van der Waals surface area contributed by atoms with E-state index in [-0.39, 0.29) is 43.0 Å². The minimum absolute atomic E-state index is 0.0541. The van der Waals surface area contributed by atoms with Gasteiger partial charge in [0.2, 0.25) is 0 Å². The van der Waals surface area contributed by atoms with Gasteiger partial charge in [-0.05, 0) is 37.0 Å². The molecule has 10 heteroatoms. The fourth-order valence-corrected chi connectivity index (χ4v) is 2.51. The van der Waals surface area contributed by atoms with Gasteiger partial charge in [-0.1, -0.05) is 54.0 Å². The average molecular weight is 510 g/mol. The predicted octanol–water partition coefficient (Wildman–Crippen LogP) is 3.81. The Morgan fingerprint density at radius 2 is 1.36 bits per heavy atom. The second kappa shape index (κ2) is 15.1. The highest BCUT2D eigenvalue weighted by molar-refractivity contribution is 5.78. The molecule has 2 N–H and O–H groups in total. The minimum Gasteiger partial charge on any atom is -0.458 e. The molecule has 3 atom stereocenters. The number of hydrogen-bond acceptors (Lipinski definition) is 10. The summed E-state index contributed by atoms with van der Waals surface area (Å²) in [5.41, 5.74) is 6.57. The molecule has 0 radical (unpaired) electrons. The third-order valence-corrected chi connectivity index (χ3v) is 5.07. The standard InChI is InChI=1S/C26H39NO9/c1-8-17(6)13-32-26(31)33-14-18(7)34-25(30)20(27)11-19-9-10-21(35-23(28)15(2)3)22(12-19)36-24(29)16(4)5/h9-10,12,15-18,20H,8,11,13-14,27H2,1-7H3/t17?,18-,20-/m0/s1. The van der Waals surface area contributed by atoms with Crippen molar-refractivity contribution in [1.29, 1.82) is 0 Å². The summed E-state index contributed by atoms with van der Waals surface area (Å²) in [5, 5.41) is 0. The van der Waals surface area contributed by atoms with E-state index in [9.17, 15) is 19.2 Å². The van der Waals surface area contributed by atoms with Crippen LogP contribution in [0, 0.1) is 17.8 Å². The van der Waals surface area contributed by atoms with Gasteiger partial charge in [-0.3, -0.25) is 14.4 Å². The Bertz CT molecular complexity index is 897. The summed E-state index contributed by atoms with van der Waals surface area (Å²) in [5.74, 6) is -2.11. The van der Waals surface area contributed by atoms with Crippen molar-refractivity contribution in [2.45, 2.75) is 73.5 Å². The van der Waals surface area contributed by atoms with Gasteiger partial charge in [-0.15, -0.1) is 0 Å². The zero-order valence-corrected chi connectivity index (χ0v) is 22.2. The third-order valence-electron chi connectivity index (χ3n) is 5.07. The molecule has 0 aliphatic rings. The maximum Gasteiger partial charge on any atom is 0.508 e. The number of rotatable bonds is 13. The highest BCUT2D eigenvalue weighted by Gasteiger charge is 2.22. The fourth-order valence-electron chi connectivity index (χ4n) is 2.51. The molecule has 0 spiro atoms. The molecule has 0 aliphatic heterocycles. The van der Waals surface area contributed by atoms with Gasteiger partial charge in [0.25, 0.3) is 0 Å². The van der Waals surface area contributed by atoms with Gasteiger partial charge in [0, 0.05) is 0 Å². The van der Waals surface area contributed by atoms with E-state index in [1.165, 1.54) is 12.1 Å². The van der Waals surface area contributed by atoms with Crippen molar-refractivity contribution in [2.24, 2.45) is 23.5 Å². The average Bonchev–Trinajstić information content (AvgIpc) is 2.82. The van der Waals surface area contributed by atoms with Crippen LogP contribution in [0.3, 0.4) is 0 Å². The molecule has 0 aromatic heterocycles. The number of carbonyl (C=O) groups is 4. The highest BCUT2D eigenvalue weighted by Crippen LogP contribution is 2.30. The number of ether oxygens (including phenoxy) is 5. The molecule has 202 valence electrons. The predicted molar refractivity (Wildman–Crippen MR) is 131 cm³/mol. The monoisotopic (exact) mass is 509 g/mol. The minimum atomic E-state index is -1.04. The maximum atomic E-state index is 12.4. The Morgan fingerprint density at radius 3 is 1.92 bits per heavy atom. The van der Waals surface area contributed by atoms with E-state index in [4.69, 9.17) is 29.4 Å². The summed E-state index contributed by atoms with van der Waals surface area (Å²) < 4.78 is 25.9. The first-order chi connectivity index (χ1) is 16.8. The summed E-state index contributed by atoms with van der Waals surface area (Å²) in [7, 11) is 0. The van der Waals surface area contributed by atoms with Gasteiger partial charge >= 0.3 is 24.1 Å². The lowest BCUT2D eigenvalue weighted by Crippen LogP contribution is -2.37. The Morgan fingerprint density at radius 1 is 0.806 bits per heavy atom. The molecule has 0 amide bonds. The van der Waals surface area contributed by atoms with Gasteiger partial charge in [0.1, 0.15) is 18.8 Å². The second-order valence-corrected chi connectivity index (χ2v) is 9.38. The highest BCUT2D eigenvalue weighted by atomic mass is 16.7. The summed E-state index contributed by atoms with van der Waals surface area (Å²) in [6.07, 6.45) is -0.634. The Balaban J connectivity index is 2.76. The van der Waals surface area contributed by atoms with Crippen LogP contribution >= 0.6 is 0 Å². The van der Waals surface area contributed by atoms with Crippen LogP contribution in [-0.2, 0) is 35.0 Å². The van der Waals surface area contributed by atoms with Crippen LogP contribution in [0.1, 0.15) is 60.5 Å². The quantitative estimate of drug-likeness (QED) is 0.308. The number of hydrogen-bond donors (Lipinski definition) is 1. The fraction of sp³-hybridized carbons (Fsp3) is 0.615. The van der Waals surface area contributed by atoms with Gasteiger partial charge in [0.05, 0.1) is 18.4 Å². The zero-order chi connectivity index (χ0) is 27.4. The zero-order valence-electron chi connectivity index (χ0n) is 22.2. The molecule has 0 aliphatic carbocycles. The molecule has 10 nitrogen and oxygen atoms in total. The van der Waals surface area contributed by atoms with Crippen molar-refractivity contribution < 1.29 is 42.9 Å². The van der Waals surface area contributed by atoms with Crippen LogP contribution in [-0.4, -0.2) is 49.4 Å². The van der Waals surface area contributed by atoms with Crippen molar-refractivity contribution in [3.8, 4) is 11.5 Å². The van der Waals surface area contributed by atoms with Gasteiger partial charge < -0.3 is 29.4 Å². The van der Waals surface area contributed by atoms with Crippen molar-refractivity contribution in [3.05, 3.63) is 23.8 Å². The van der Waals surface area contributed by atoms with Crippen molar-refractivity contribution in [1.82, 2.24) is 0 Å². The van der Waals surface area contributed by atoms with E-state index < -0.39 is 42.1 Å². The van der Waals surface area contributed by atoms with Crippen molar-refractivity contribution in [2.75, 3.05) is 13.2 Å². The molecule has 0 saturated heterocycles. The van der Waals surface area contributed by atoms with E-state index in [0.717, 1.165) is 6.42 Å². The molecule has 0 saturated carbocycles. The lowest BCUT2D eigenvalue weighted by Gasteiger charge is -2.18. The van der Waals surface area contributed by atoms with Gasteiger partial charge in [-0.2, -0.15) is 0 Å².